The van der Waals surface area contributed by atoms with E-state index in [2.05, 4.69) is 20.2 Å². The number of imidazole rings is 2. The fourth-order valence-electron chi connectivity index (χ4n) is 7.35. The number of aliphatic hydroxyl groups excluding tert-OH is 1. The number of amides is 2. The SMILES string of the molecule is CC(O)C1CCN(C(=O)OC(C)(C)C)CC1.CSc1ccc(-c2cn3nc(Cl)sc3n2)c(F)c1.CSc1ccc(-c2cn3nc(OC(C)C4CCN(C(=O)OC(C)(C)C)CC4)sc3n2)c(F)c1. The molecule has 0 saturated carbocycles. The lowest BCUT2D eigenvalue weighted by Gasteiger charge is -2.35. The Morgan fingerprint density at radius 2 is 1.16 bits per heavy atom. The number of carbonyl (C=O) groups is 2. The molecule has 0 radical (unpaired) electrons. The lowest BCUT2D eigenvalue weighted by atomic mass is 9.92. The number of benzene rings is 2. The first-order valence-electron chi connectivity index (χ1n) is 22.0. The van der Waals surface area contributed by atoms with E-state index in [0.717, 1.165) is 35.5 Å². The number of ether oxygens (including phenoxy) is 3. The molecule has 2 saturated heterocycles. The van der Waals surface area contributed by atoms with Gasteiger partial charge in [0.05, 0.1) is 29.9 Å². The second-order valence-electron chi connectivity index (χ2n) is 18.3. The predicted octanol–water partition coefficient (Wildman–Crippen LogP) is 11.7. The lowest BCUT2D eigenvalue weighted by Crippen LogP contribution is -2.44. The molecule has 0 spiro atoms. The van der Waals surface area contributed by atoms with Gasteiger partial charge in [-0.05, 0) is 165 Å². The molecule has 2 atom stereocenters. The van der Waals surface area contributed by atoms with Crippen molar-refractivity contribution in [2.24, 2.45) is 11.8 Å². The number of rotatable bonds is 8. The van der Waals surface area contributed by atoms with Crippen LogP contribution >= 0.6 is 57.8 Å². The molecule has 21 heteroatoms. The second-order valence-corrected chi connectivity index (χ2v) is 22.5. The van der Waals surface area contributed by atoms with Gasteiger partial charge in [0.2, 0.25) is 14.4 Å². The fourth-order valence-corrected chi connectivity index (χ4v) is 9.92. The third kappa shape index (κ3) is 14.4. The number of aliphatic hydroxyl groups is 1. The maximum absolute atomic E-state index is 14.4. The number of thioether (sulfide) groups is 2. The lowest BCUT2D eigenvalue weighted by molar-refractivity contribution is 0.00975. The quantitative estimate of drug-likeness (QED) is 0.145. The molecule has 8 rings (SSSR count). The number of fused-ring (bicyclic) bond motifs is 2. The van der Waals surface area contributed by atoms with Crippen molar-refractivity contribution in [3.05, 3.63) is 64.9 Å². The minimum Gasteiger partial charge on any atom is -0.466 e. The van der Waals surface area contributed by atoms with Crippen LogP contribution in [0.25, 0.3) is 32.4 Å². The van der Waals surface area contributed by atoms with Crippen LogP contribution in [0, 0.1) is 23.5 Å². The molecular formula is C46H59ClF2N8O6S4. The maximum Gasteiger partial charge on any atom is 0.410 e. The number of halogens is 3. The van der Waals surface area contributed by atoms with Crippen LogP contribution in [0.5, 0.6) is 5.19 Å². The van der Waals surface area contributed by atoms with E-state index in [1.54, 1.807) is 43.4 Å². The Bertz CT molecular complexity index is 2550. The van der Waals surface area contributed by atoms with Crippen LogP contribution in [-0.2, 0) is 9.47 Å². The summed E-state index contributed by atoms with van der Waals surface area (Å²) in [5, 5.41) is 18.5. The Hall–Kier alpha value is -4.21. The van der Waals surface area contributed by atoms with Crippen molar-refractivity contribution in [1.82, 2.24) is 39.0 Å². The molecule has 0 aliphatic carbocycles. The Morgan fingerprint density at radius 3 is 1.55 bits per heavy atom. The summed E-state index contributed by atoms with van der Waals surface area (Å²) in [6.07, 6.45) is 9.81. The topological polar surface area (TPSA) is 149 Å². The Morgan fingerprint density at radius 1 is 0.731 bits per heavy atom. The van der Waals surface area contributed by atoms with Gasteiger partial charge >= 0.3 is 12.2 Å². The highest BCUT2D eigenvalue weighted by atomic mass is 35.5. The van der Waals surface area contributed by atoms with Gasteiger partial charge in [0, 0.05) is 47.1 Å². The van der Waals surface area contributed by atoms with Gasteiger partial charge < -0.3 is 29.1 Å². The Balaban J connectivity index is 0.000000183. The smallest absolute Gasteiger partial charge is 0.410 e. The normalized spacial score (nSPS) is 16.0. The molecule has 2 aromatic carbocycles. The molecule has 0 bridgehead atoms. The first-order valence-corrected chi connectivity index (χ1v) is 26.4. The average Bonchev–Trinajstić information content (AvgIpc) is 4.03. The minimum atomic E-state index is -0.490. The van der Waals surface area contributed by atoms with Crippen LogP contribution in [0.15, 0.2) is 58.6 Å². The first kappa shape index (κ1) is 52.2. The van der Waals surface area contributed by atoms with E-state index >= 15 is 0 Å². The van der Waals surface area contributed by atoms with Crippen molar-refractivity contribution in [2.75, 3.05) is 38.7 Å². The molecular weight excluding hydrogens is 962 g/mol. The zero-order valence-corrected chi connectivity index (χ0v) is 43.4. The van der Waals surface area contributed by atoms with Crippen molar-refractivity contribution in [1.29, 1.82) is 0 Å². The van der Waals surface area contributed by atoms with Crippen molar-refractivity contribution in [3.8, 4) is 27.7 Å². The maximum atomic E-state index is 14.4. The molecule has 14 nitrogen and oxygen atoms in total. The molecule has 4 aromatic heterocycles. The second kappa shape index (κ2) is 22.5. The van der Waals surface area contributed by atoms with E-state index in [9.17, 15) is 23.5 Å². The fraction of sp³-hybridized carbons (Fsp3) is 0.522. The average molecular weight is 1020 g/mol. The predicted molar refractivity (Wildman–Crippen MR) is 264 cm³/mol. The summed E-state index contributed by atoms with van der Waals surface area (Å²) in [6, 6.07) is 10.3. The number of hydrogen-bond acceptors (Lipinski definition) is 14. The molecule has 67 heavy (non-hydrogen) atoms. The van der Waals surface area contributed by atoms with Gasteiger partial charge in [0.15, 0.2) is 0 Å². The van der Waals surface area contributed by atoms with Crippen molar-refractivity contribution in [2.45, 2.75) is 114 Å². The number of nitrogens with zero attached hydrogens (tertiary/aromatic N) is 8. The summed E-state index contributed by atoms with van der Waals surface area (Å²) < 4.78 is 48.9. The van der Waals surface area contributed by atoms with Crippen LogP contribution in [0.2, 0.25) is 4.47 Å². The van der Waals surface area contributed by atoms with Gasteiger partial charge in [0.1, 0.15) is 28.9 Å². The van der Waals surface area contributed by atoms with Crippen LogP contribution < -0.4 is 4.74 Å². The van der Waals surface area contributed by atoms with Crippen LogP contribution in [0.4, 0.5) is 18.4 Å². The minimum absolute atomic E-state index is 0.0438. The highest BCUT2D eigenvalue weighted by Gasteiger charge is 2.31. The Kier molecular flexibility index (Phi) is 17.5. The van der Waals surface area contributed by atoms with E-state index in [0.29, 0.717) is 80.1 Å². The summed E-state index contributed by atoms with van der Waals surface area (Å²) in [5.41, 5.74) is 1.12. The van der Waals surface area contributed by atoms with Crippen molar-refractivity contribution < 1.29 is 37.7 Å². The highest BCUT2D eigenvalue weighted by Crippen LogP contribution is 2.33. The largest absolute Gasteiger partial charge is 0.466 e. The molecule has 2 aliphatic rings. The van der Waals surface area contributed by atoms with Crippen LogP contribution in [0.1, 0.15) is 81.1 Å². The van der Waals surface area contributed by atoms with E-state index < -0.39 is 11.2 Å². The first-order chi connectivity index (χ1) is 31.6. The van der Waals surface area contributed by atoms with E-state index in [-0.39, 0.29) is 36.0 Å². The molecule has 6 aromatic rings. The summed E-state index contributed by atoms with van der Waals surface area (Å²) in [5.74, 6) is 0.0623. The summed E-state index contributed by atoms with van der Waals surface area (Å²) in [4.78, 5) is 39.4. The zero-order chi connectivity index (χ0) is 48.8. The van der Waals surface area contributed by atoms with Gasteiger partial charge in [0.25, 0.3) is 5.19 Å². The van der Waals surface area contributed by atoms with Gasteiger partial charge in [-0.2, -0.15) is 0 Å². The summed E-state index contributed by atoms with van der Waals surface area (Å²) in [6.45, 7) is 17.7. The van der Waals surface area contributed by atoms with E-state index in [1.807, 2.05) is 80.0 Å². The number of likely N-dealkylation sites (tertiary alicyclic amines) is 2. The number of piperidine rings is 2. The molecule has 2 unspecified atom stereocenters. The van der Waals surface area contributed by atoms with E-state index in [1.165, 1.54) is 58.3 Å². The van der Waals surface area contributed by atoms with Crippen LogP contribution in [-0.4, -0.2) is 118 Å². The number of hydrogen-bond donors (Lipinski definition) is 1. The standard InChI is InChI=1S/C23H29FN4O3S2.C12H23NO3.C11H7ClFN3S2/c1-14(15-8-10-27(11-9-15)22(29)31-23(2,3)4)30-21-26-28-13-19(25-20(28)33-21)17-7-6-16(32-5)12-18(17)24;1-9(14)10-5-7-13(8-6-10)11(15)16-12(2,3)4;1-17-6-2-3-7(8(13)4-6)9-5-16-11(14-9)18-10(12)15-16/h6-7,12-15H,8-11H2,1-5H3;9-10,14H,5-8H2,1-4H3;2-5H,1H3. The molecule has 2 fully saturated rings. The van der Waals surface area contributed by atoms with Gasteiger partial charge in [-0.15, -0.1) is 33.7 Å². The zero-order valence-electron chi connectivity index (χ0n) is 39.4. The van der Waals surface area contributed by atoms with Gasteiger partial charge in [-0.3, -0.25) is 0 Å². The van der Waals surface area contributed by atoms with Crippen molar-refractivity contribution >= 4 is 79.9 Å². The highest BCUT2D eigenvalue weighted by molar-refractivity contribution is 7.98. The van der Waals surface area contributed by atoms with Crippen LogP contribution in [0.3, 0.4) is 0 Å². The number of carbonyl (C=O) groups excluding carboxylic acids is 2. The Labute approximate surface area is 411 Å². The van der Waals surface area contributed by atoms with Gasteiger partial charge in [-0.1, -0.05) is 11.3 Å². The molecule has 2 aliphatic heterocycles. The van der Waals surface area contributed by atoms with E-state index in [4.69, 9.17) is 25.8 Å². The molecule has 6 heterocycles. The monoisotopic (exact) mass is 1020 g/mol. The third-order valence-corrected chi connectivity index (χ3v) is 14.2. The molecule has 1 N–H and O–H groups in total. The van der Waals surface area contributed by atoms with Crippen molar-refractivity contribution in [3.63, 3.8) is 0 Å². The van der Waals surface area contributed by atoms with Gasteiger partial charge in [-0.25, -0.2) is 37.4 Å². The molecule has 2 amide bonds. The summed E-state index contributed by atoms with van der Waals surface area (Å²) in [7, 11) is 0. The number of aromatic nitrogens is 6. The molecule has 364 valence electrons. The summed E-state index contributed by atoms with van der Waals surface area (Å²) >= 11 is 11.4. The third-order valence-electron chi connectivity index (χ3n) is 11.0.